The van der Waals surface area contributed by atoms with Gasteiger partial charge >= 0.3 is 0 Å². The lowest BCUT2D eigenvalue weighted by Crippen LogP contribution is -2.42. The quantitative estimate of drug-likeness (QED) is 0.131. The van der Waals surface area contributed by atoms with E-state index >= 15 is 0 Å². The second-order valence-electron chi connectivity index (χ2n) is 15.3. The van der Waals surface area contributed by atoms with Gasteiger partial charge in [-0.3, -0.25) is 0 Å². The first-order chi connectivity index (χ1) is 25.2. The third-order valence-corrected chi connectivity index (χ3v) is 19.8. The highest BCUT2D eigenvalue weighted by Crippen LogP contribution is 2.64. The molecule has 7 aromatic rings. The molecular formula is C47H38NPS2Si. The molecule has 0 aromatic heterocycles. The summed E-state index contributed by atoms with van der Waals surface area (Å²) in [7, 11) is -1.68. The zero-order valence-corrected chi connectivity index (χ0v) is 33.2. The highest BCUT2D eigenvalue weighted by atomic mass is 32.4. The van der Waals surface area contributed by atoms with Crippen molar-refractivity contribution < 1.29 is 0 Å². The number of fused-ring (bicyclic) bond motifs is 11. The van der Waals surface area contributed by atoms with E-state index in [1.165, 1.54) is 86.9 Å². The smallest absolute Gasteiger partial charge is 0.0776 e. The summed E-state index contributed by atoms with van der Waals surface area (Å²) < 4.78 is 0. The molecule has 5 heteroatoms. The average Bonchev–Trinajstić information content (AvgIpc) is 3.46. The van der Waals surface area contributed by atoms with E-state index in [1.807, 2.05) is 11.8 Å². The highest BCUT2D eigenvalue weighted by Gasteiger charge is 2.52. The maximum atomic E-state index is 6.85. The number of rotatable bonds is 3. The Balaban J connectivity index is 1.27. The van der Waals surface area contributed by atoms with Gasteiger partial charge in [0.1, 0.15) is 0 Å². The molecule has 52 heavy (non-hydrogen) atoms. The Labute approximate surface area is 317 Å². The first kappa shape index (κ1) is 32.2. The van der Waals surface area contributed by atoms with Crippen LogP contribution in [0, 0.1) is 6.92 Å². The van der Waals surface area contributed by atoms with Crippen LogP contribution in [-0.2, 0) is 17.2 Å². The van der Waals surface area contributed by atoms with Crippen LogP contribution in [0.5, 0.6) is 0 Å². The third-order valence-electron chi connectivity index (χ3n) is 11.3. The van der Waals surface area contributed by atoms with Crippen molar-refractivity contribution >= 4 is 75.8 Å². The van der Waals surface area contributed by atoms with Gasteiger partial charge in [0.05, 0.1) is 24.9 Å². The van der Waals surface area contributed by atoms with Gasteiger partial charge in [0, 0.05) is 32.1 Å². The van der Waals surface area contributed by atoms with E-state index in [0.717, 1.165) is 0 Å². The topological polar surface area (TPSA) is 3.24 Å². The summed E-state index contributed by atoms with van der Waals surface area (Å²) in [6.07, 6.45) is 0. The molecule has 1 aliphatic carbocycles. The van der Waals surface area contributed by atoms with Crippen LogP contribution in [0.25, 0.3) is 11.1 Å². The Morgan fingerprint density at radius 2 is 1.15 bits per heavy atom. The van der Waals surface area contributed by atoms with Crippen LogP contribution in [0.4, 0.5) is 17.1 Å². The minimum absolute atomic E-state index is 0.438. The van der Waals surface area contributed by atoms with E-state index in [-0.39, 0.29) is 0 Å². The van der Waals surface area contributed by atoms with E-state index in [9.17, 15) is 0 Å². The van der Waals surface area contributed by atoms with Crippen molar-refractivity contribution in [1.29, 1.82) is 0 Å². The van der Waals surface area contributed by atoms with Crippen LogP contribution >= 0.6 is 17.8 Å². The second-order valence-corrected chi connectivity index (χ2v) is 25.8. The first-order valence-corrected chi connectivity index (χ1v) is 25.2. The van der Waals surface area contributed by atoms with Crippen LogP contribution in [0.3, 0.4) is 0 Å². The van der Waals surface area contributed by atoms with E-state index in [2.05, 4.69) is 189 Å². The number of hydrogen-bond donors (Lipinski definition) is 0. The van der Waals surface area contributed by atoms with E-state index in [1.54, 1.807) is 0 Å². The number of aryl methyl sites for hydroxylation is 1. The molecule has 0 fully saturated rings. The maximum absolute atomic E-state index is 6.85. The number of hydrogen-bond acceptors (Lipinski definition) is 3. The molecule has 2 heterocycles. The molecule has 1 atom stereocenters. The van der Waals surface area contributed by atoms with E-state index in [4.69, 9.17) is 11.8 Å². The molecule has 2 aliphatic heterocycles. The van der Waals surface area contributed by atoms with Crippen molar-refractivity contribution in [2.75, 3.05) is 4.90 Å². The molecule has 0 saturated heterocycles. The molecule has 0 N–H and O–H groups in total. The van der Waals surface area contributed by atoms with Gasteiger partial charge in [-0.2, -0.15) is 0 Å². The Morgan fingerprint density at radius 1 is 0.558 bits per heavy atom. The molecule has 0 amide bonds. The molecule has 10 rings (SSSR count). The summed E-state index contributed by atoms with van der Waals surface area (Å²) in [6.45, 7) is 9.63. The summed E-state index contributed by atoms with van der Waals surface area (Å²) in [5.74, 6) is 0. The van der Waals surface area contributed by atoms with Crippen molar-refractivity contribution in [2.24, 2.45) is 0 Å². The summed E-state index contributed by atoms with van der Waals surface area (Å²) in [4.78, 5) is 5.07. The Hall–Kier alpha value is -4.44. The van der Waals surface area contributed by atoms with Gasteiger partial charge in [0.25, 0.3) is 0 Å². The summed E-state index contributed by atoms with van der Waals surface area (Å²) in [5, 5.41) is 5.30. The zero-order valence-electron chi connectivity index (χ0n) is 29.7. The number of benzene rings is 7. The lowest BCUT2D eigenvalue weighted by Gasteiger charge is -2.46. The molecule has 0 bridgehead atoms. The minimum atomic E-state index is -2.27. The van der Waals surface area contributed by atoms with Crippen LogP contribution in [-0.4, -0.2) is 8.07 Å². The average molecular weight is 740 g/mol. The Kier molecular flexibility index (Phi) is 7.14. The largest absolute Gasteiger partial charge is 0.310 e. The molecular weight excluding hydrogens is 702 g/mol. The van der Waals surface area contributed by atoms with Crippen LogP contribution in [0.15, 0.2) is 168 Å². The predicted octanol–water partition coefficient (Wildman–Crippen LogP) is 10.9. The SMILES string of the molecule is Cc1ccc2c(c1)C1(c3ccccc3-c3ccccc31)c1cc([Si](C)(C)C)ccc1N2c1ccc2c(c1)Sc1ccccc1P2(=S)c1ccccc1. The monoisotopic (exact) mass is 739 g/mol. The second kappa shape index (κ2) is 11.5. The molecule has 0 saturated carbocycles. The number of anilines is 3. The molecule has 252 valence electrons. The zero-order chi connectivity index (χ0) is 35.4. The van der Waals surface area contributed by atoms with Gasteiger partial charge < -0.3 is 4.90 Å². The Morgan fingerprint density at radius 3 is 1.87 bits per heavy atom. The summed E-state index contributed by atoms with van der Waals surface area (Å²) in [5.41, 5.74) is 12.6. The van der Waals surface area contributed by atoms with Gasteiger partial charge in [-0.25, -0.2) is 0 Å². The normalized spacial score (nSPS) is 17.4. The van der Waals surface area contributed by atoms with Gasteiger partial charge in [0.15, 0.2) is 0 Å². The fraction of sp³-hybridized carbons (Fsp3) is 0.106. The fourth-order valence-corrected chi connectivity index (χ4v) is 16.5. The van der Waals surface area contributed by atoms with Gasteiger partial charge in [-0.1, -0.05) is 175 Å². The minimum Gasteiger partial charge on any atom is -0.310 e. The summed E-state index contributed by atoms with van der Waals surface area (Å²) in [6, 6.07) is 57.3. The Bertz CT molecular complexity index is 2610. The standard InChI is InChI=1S/C47H38NPS2Si/c1-31-22-25-41-39(28-31)47(37-18-10-8-16-35(37)36-17-9-11-19-38(36)47)40-30-34(52(2,3)4)24-26-42(40)48(41)32-23-27-44-46(29-32)51-45-21-13-12-20-43(45)49(44,50)33-14-6-5-7-15-33/h5-30H,1-4H3. The molecule has 7 aromatic carbocycles. The lowest BCUT2D eigenvalue weighted by atomic mass is 9.64. The van der Waals surface area contributed by atoms with E-state index in [0.29, 0.717) is 0 Å². The molecule has 0 radical (unpaired) electrons. The van der Waals surface area contributed by atoms with Crippen molar-refractivity contribution in [3.63, 3.8) is 0 Å². The third kappa shape index (κ3) is 4.39. The molecule has 1 spiro atoms. The van der Waals surface area contributed by atoms with Gasteiger partial charge in [-0.05, 0) is 82.0 Å². The predicted molar refractivity (Wildman–Crippen MR) is 230 cm³/mol. The number of nitrogens with zero attached hydrogens (tertiary/aromatic N) is 1. The van der Waals surface area contributed by atoms with Gasteiger partial charge in [-0.15, -0.1) is 0 Å². The van der Waals surface area contributed by atoms with Crippen molar-refractivity contribution in [3.8, 4) is 11.1 Å². The molecule has 1 unspecified atom stereocenters. The fourth-order valence-electron chi connectivity index (χ4n) is 8.96. The van der Waals surface area contributed by atoms with Crippen molar-refractivity contribution in [3.05, 3.63) is 186 Å². The lowest BCUT2D eigenvalue weighted by molar-refractivity contribution is 0.752. The maximum Gasteiger partial charge on any atom is 0.0776 e. The van der Waals surface area contributed by atoms with Crippen LogP contribution in [0.2, 0.25) is 19.6 Å². The van der Waals surface area contributed by atoms with Gasteiger partial charge in [0.2, 0.25) is 0 Å². The van der Waals surface area contributed by atoms with E-state index < -0.39 is 19.5 Å². The van der Waals surface area contributed by atoms with Crippen molar-refractivity contribution in [2.45, 2.75) is 41.8 Å². The summed E-state index contributed by atoms with van der Waals surface area (Å²) >= 11 is 8.72. The first-order valence-electron chi connectivity index (χ1n) is 18.0. The van der Waals surface area contributed by atoms with Crippen LogP contribution in [0.1, 0.15) is 27.8 Å². The molecule has 3 aliphatic rings. The van der Waals surface area contributed by atoms with Crippen LogP contribution < -0.4 is 26.0 Å². The highest BCUT2D eigenvalue weighted by molar-refractivity contribution is 8.26. The van der Waals surface area contributed by atoms with Crippen molar-refractivity contribution in [1.82, 2.24) is 0 Å². The molecule has 1 nitrogen and oxygen atoms in total.